The number of thiazole rings is 1. The Kier molecular flexibility index (Phi) is 5.12. The van der Waals surface area contributed by atoms with E-state index in [1.54, 1.807) is 54.0 Å². The van der Waals surface area contributed by atoms with Gasteiger partial charge in [-0.3, -0.25) is 0 Å². The summed E-state index contributed by atoms with van der Waals surface area (Å²) in [5, 5.41) is 6.49. The van der Waals surface area contributed by atoms with E-state index in [0.29, 0.717) is 21.5 Å². The fraction of sp³-hybridized carbons (Fsp3) is 0.0556. The number of sulfonamides is 1. The van der Waals surface area contributed by atoms with Crippen molar-refractivity contribution in [1.82, 2.24) is 15.1 Å². The number of nitrogens with zero attached hydrogens (tertiary/aromatic N) is 4. The molecule has 2 aromatic carbocycles. The first kappa shape index (κ1) is 18.6. The van der Waals surface area contributed by atoms with E-state index in [1.807, 2.05) is 0 Å². The molecule has 0 saturated carbocycles. The van der Waals surface area contributed by atoms with Crippen LogP contribution in [0.3, 0.4) is 0 Å². The standard InChI is InChI=1S/C18H13ClN4O3S2/c19-14-6-4-5-13(11-14)17-21-16(26-22-17)12-23(18-20-9-10-27-18)28(24,25)15-7-2-1-3-8-15/h1-11H,12H2. The van der Waals surface area contributed by atoms with Crippen LogP contribution in [-0.4, -0.2) is 23.5 Å². The summed E-state index contributed by atoms with van der Waals surface area (Å²) < 4.78 is 32.7. The third-order valence-electron chi connectivity index (χ3n) is 3.79. The highest BCUT2D eigenvalue weighted by atomic mass is 35.5. The minimum atomic E-state index is -3.85. The highest BCUT2D eigenvalue weighted by molar-refractivity contribution is 7.93. The van der Waals surface area contributed by atoms with Gasteiger partial charge < -0.3 is 4.52 Å². The third-order valence-corrected chi connectivity index (χ3v) is 6.69. The van der Waals surface area contributed by atoms with Crippen LogP contribution in [0, 0.1) is 0 Å². The van der Waals surface area contributed by atoms with Gasteiger partial charge in [0.05, 0.1) is 4.90 Å². The van der Waals surface area contributed by atoms with E-state index < -0.39 is 10.0 Å². The van der Waals surface area contributed by atoms with E-state index in [0.717, 1.165) is 4.31 Å². The molecule has 28 heavy (non-hydrogen) atoms. The Bertz CT molecular complexity index is 1180. The predicted octanol–water partition coefficient (Wildman–Crippen LogP) is 4.24. The SMILES string of the molecule is O=S(=O)(c1ccccc1)N(Cc1nc(-c2cccc(Cl)c2)no1)c1nccs1. The minimum Gasteiger partial charge on any atom is -0.337 e. The molecule has 0 fully saturated rings. The molecule has 7 nitrogen and oxygen atoms in total. The molecule has 0 aliphatic rings. The molecule has 0 spiro atoms. The molecule has 4 aromatic rings. The summed E-state index contributed by atoms with van der Waals surface area (Å²) in [4.78, 5) is 8.60. The Morgan fingerprint density at radius 1 is 1.11 bits per heavy atom. The molecule has 10 heteroatoms. The fourth-order valence-corrected chi connectivity index (χ4v) is 4.95. The van der Waals surface area contributed by atoms with Gasteiger partial charge in [0, 0.05) is 22.2 Å². The summed E-state index contributed by atoms with van der Waals surface area (Å²) in [6.45, 7) is -0.141. The number of hydrogen-bond acceptors (Lipinski definition) is 7. The van der Waals surface area contributed by atoms with Gasteiger partial charge in [-0.25, -0.2) is 17.7 Å². The number of rotatable bonds is 6. The van der Waals surface area contributed by atoms with E-state index in [4.69, 9.17) is 16.1 Å². The van der Waals surface area contributed by atoms with Crippen molar-refractivity contribution in [3.8, 4) is 11.4 Å². The molecule has 0 aliphatic carbocycles. The van der Waals surface area contributed by atoms with Gasteiger partial charge in [-0.05, 0) is 24.3 Å². The quantitative estimate of drug-likeness (QED) is 0.452. The topological polar surface area (TPSA) is 89.2 Å². The fourth-order valence-electron chi connectivity index (χ4n) is 2.50. The molecule has 0 amide bonds. The molecule has 2 aromatic heterocycles. The zero-order valence-electron chi connectivity index (χ0n) is 14.3. The van der Waals surface area contributed by atoms with Crippen molar-refractivity contribution in [1.29, 1.82) is 0 Å². The van der Waals surface area contributed by atoms with Crippen molar-refractivity contribution in [3.63, 3.8) is 0 Å². The zero-order valence-corrected chi connectivity index (χ0v) is 16.7. The van der Waals surface area contributed by atoms with Crippen LogP contribution in [-0.2, 0) is 16.6 Å². The molecule has 0 bridgehead atoms. The van der Waals surface area contributed by atoms with Crippen LogP contribution in [0.25, 0.3) is 11.4 Å². The van der Waals surface area contributed by atoms with Gasteiger partial charge in [-0.15, -0.1) is 11.3 Å². The van der Waals surface area contributed by atoms with Crippen LogP contribution < -0.4 is 4.31 Å². The number of hydrogen-bond donors (Lipinski definition) is 0. The van der Waals surface area contributed by atoms with Crippen molar-refractivity contribution in [2.24, 2.45) is 0 Å². The van der Waals surface area contributed by atoms with Crippen molar-refractivity contribution in [2.75, 3.05) is 4.31 Å². The van der Waals surface area contributed by atoms with E-state index >= 15 is 0 Å². The molecule has 0 atom stereocenters. The Hall–Kier alpha value is -2.75. The van der Waals surface area contributed by atoms with Gasteiger partial charge in [0.1, 0.15) is 6.54 Å². The number of benzene rings is 2. The van der Waals surface area contributed by atoms with Gasteiger partial charge >= 0.3 is 0 Å². The van der Waals surface area contributed by atoms with Crippen LogP contribution in [0.1, 0.15) is 5.89 Å². The Balaban J connectivity index is 1.68. The molecular weight excluding hydrogens is 420 g/mol. The van der Waals surface area contributed by atoms with Gasteiger partial charge in [-0.2, -0.15) is 4.98 Å². The number of halogens is 1. The molecule has 4 rings (SSSR count). The predicted molar refractivity (Wildman–Crippen MR) is 107 cm³/mol. The normalized spacial score (nSPS) is 11.5. The highest BCUT2D eigenvalue weighted by Crippen LogP contribution is 2.28. The lowest BCUT2D eigenvalue weighted by molar-refractivity contribution is 0.380. The van der Waals surface area contributed by atoms with E-state index in [-0.39, 0.29) is 17.3 Å². The van der Waals surface area contributed by atoms with Gasteiger partial charge in [-0.1, -0.05) is 47.1 Å². The lowest BCUT2D eigenvalue weighted by atomic mass is 10.2. The maximum Gasteiger partial charge on any atom is 0.266 e. The second kappa shape index (κ2) is 7.70. The Morgan fingerprint density at radius 2 is 1.93 bits per heavy atom. The summed E-state index contributed by atoms with van der Waals surface area (Å²) in [6.07, 6.45) is 1.54. The molecule has 0 N–H and O–H groups in total. The maximum absolute atomic E-state index is 13.1. The second-order valence-electron chi connectivity index (χ2n) is 5.66. The summed E-state index contributed by atoms with van der Waals surface area (Å²) >= 11 is 7.21. The first-order valence-electron chi connectivity index (χ1n) is 8.10. The molecule has 2 heterocycles. The van der Waals surface area contributed by atoms with E-state index in [2.05, 4.69) is 15.1 Å². The lowest BCUT2D eigenvalue weighted by Gasteiger charge is -2.19. The third kappa shape index (κ3) is 3.77. The average molecular weight is 433 g/mol. The summed E-state index contributed by atoms with van der Waals surface area (Å²) in [5.41, 5.74) is 0.675. The van der Waals surface area contributed by atoms with E-state index in [1.165, 1.54) is 23.5 Å². The van der Waals surface area contributed by atoms with Gasteiger partial charge in [0.25, 0.3) is 10.0 Å². The van der Waals surface area contributed by atoms with Crippen molar-refractivity contribution >= 4 is 38.1 Å². The smallest absolute Gasteiger partial charge is 0.266 e. The summed E-state index contributed by atoms with van der Waals surface area (Å²) in [5.74, 6) is 0.471. The second-order valence-corrected chi connectivity index (χ2v) is 8.83. The first-order valence-corrected chi connectivity index (χ1v) is 10.8. The van der Waals surface area contributed by atoms with Gasteiger partial charge in [0.15, 0.2) is 5.13 Å². The van der Waals surface area contributed by atoms with Crippen LogP contribution in [0.15, 0.2) is 75.6 Å². The van der Waals surface area contributed by atoms with Crippen LogP contribution >= 0.6 is 22.9 Å². The van der Waals surface area contributed by atoms with Crippen molar-refractivity contribution < 1.29 is 12.9 Å². The number of aromatic nitrogens is 3. The average Bonchev–Trinajstić information content (AvgIpc) is 3.39. The van der Waals surface area contributed by atoms with Crippen molar-refractivity contribution in [2.45, 2.75) is 11.4 Å². The van der Waals surface area contributed by atoms with Crippen LogP contribution in [0.2, 0.25) is 5.02 Å². The number of anilines is 1. The highest BCUT2D eigenvalue weighted by Gasteiger charge is 2.29. The molecular formula is C18H13ClN4O3S2. The molecule has 0 saturated heterocycles. The largest absolute Gasteiger partial charge is 0.337 e. The van der Waals surface area contributed by atoms with Crippen molar-refractivity contribution in [3.05, 3.63) is 77.1 Å². The molecule has 0 aliphatic heterocycles. The zero-order chi connectivity index (χ0) is 19.6. The molecule has 0 radical (unpaired) electrons. The van der Waals surface area contributed by atoms with Crippen LogP contribution in [0.5, 0.6) is 0 Å². The van der Waals surface area contributed by atoms with Gasteiger partial charge in [0.2, 0.25) is 11.7 Å². The maximum atomic E-state index is 13.1. The molecule has 142 valence electrons. The van der Waals surface area contributed by atoms with Crippen LogP contribution in [0.4, 0.5) is 5.13 Å². The lowest BCUT2D eigenvalue weighted by Crippen LogP contribution is -2.30. The summed E-state index contributed by atoms with van der Waals surface area (Å²) in [6, 6.07) is 15.1. The molecule has 0 unspecified atom stereocenters. The Morgan fingerprint density at radius 3 is 2.64 bits per heavy atom. The monoisotopic (exact) mass is 432 g/mol. The van der Waals surface area contributed by atoms with E-state index in [9.17, 15) is 8.42 Å². The summed E-state index contributed by atoms with van der Waals surface area (Å²) in [7, 11) is -3.85. The first-order chi connectivity index (χ1) is 13.5. The minimum absolute atomic E-state index is 0.141. The Labute approximate surface area is 170 Å².